The lowest BCUT2D eigenvalue weighted by Crippen LogP contribution is -2.37. The molecule has 2 N–H and O–H groups in total. The van der Waals surface area contributed by atoms with Gasteiger partial charge in [0, 0.05) is 24.7 Å². The third-order valence-electron chi connectivity index (χ3n) is 3.40. The number of aryl methyl sites for hydroxylation is 2. The van der Waals surface area contributed by atoms with Crippen LogP contribution in [0.3, 0.4) is 0 Å². The van der Waals surface area contributed by atoms with Crippen LogP contribution in [0.4, 0.5) is 4.39 Å². The largest absolute Gasteiger partial charge is 0.356 e. The lowest BCUT2D eigenvalue weighted by molar-refractivity contribution is 0.624. The monoisotopic (exact) mass is 334 g/mol. The Morgan fingerprint density at radius 1 is 1.35 bits per heavy atom. The van der Waals surface area contributed by atoms with Gasteiger partial charge in [-0.25, -0.2) is 9.37 Å². The standard InChI is InChI=1S/C17H23FN4S/c1-3-15-11-21-16(23-15)12-22-17(19-2)20-9-5-7-13-6-4-8-14(18)10-13/h4,6,8,10-11H,3,5,7,9,12H2,1-2H3,(H2,19,20,22). The maximum Gasteiger partial charge on any atom is 0.191 e. The van der Waals surface area contributed by atoms with Crippen molar-refractivity contribution in [2.75, 3.05) is 13.6 Å². The Bertz CT molecular complexity index is 639. The van der Waals surface area contributed by atoms with Crippen molar-refractivity contribution in [3.05, 3.63) is 51.7 Å². The Labute approximate surface area is 140 Å². The van der Waals surface area contributed by atoms with Crippen molar-refractivity contribution >= 4 is 17.3 Å². The lowest BCUT2D eigenvalue weighted by atomic mass is 10.1. The number of aliphatic imine (C=N–C) groups is 1. The number of guanidine groups is 1. The predicted octanol–water partition coefficient (Wildman–Crippen LogP) is 3.14. The van der Waals surface area contributed by atoms with Crippen LogP contribution in [0.2, 0.25) is 0 Å². The molecule has 1 aromatic heterocycles. The quantitative estimate of drug-likeness (QED) is 0.465. The van der Waals surface area contributed by atoms with Crippen LogP contribution >= 0.6 is 11.3 Å². The molecule has 0 saturated carbocycles. The van der Waals surface area contributed by atoms with E-state index < -0.39 is 0 Å². The molecule has 0 aliphatic carbocycles. The minimum atomic E-state index is -0.178. The highest BCUT2D eigenvalue weighted by Gasteiger charge is 2.02. The summed E-state index contributed by atoms with van der Waals surface area (Å²) in [6.45, 7) is 3.59. The summed E-state index contributed by atoms with van der Waals surface area (Å²) in [5, 5.41) is 7.58. The number of hydrogen-bond donors (Lipinski definition) is 2. The van der Waals surface area contributed by atoms with E-state index in [1.165, 1.54) is 10.9 Å². The molecule has 0 amide bonds. The molecule has 0 radical (unpaired) electrons. The molecule has 0 aliphatic rings. The van der Waals surface area contributed by atoms with E-state index in [-0.39, 0.29) is 5.82 Å². The van der Waals surface area contributed by atoms with E-state index in [0.29, 0.717) is 6.54 Å². The molecule has 124 valence electrons. The van der Waals surface area contributed by atoms with Crippen molar-refractivity contribution in [3.63, 3.8) is 0 Å². The van der Waals surface area contributed by atoms with E-state index in [1.54, 1.807) is 30.5 Å². The molecule has 1 heterocycles. The molecule has 0 saturated heterocycles. The van der Waals surface area contributed by atoms with Gasteiger partial charge >= 0.3 is 0 Å². The van der Waals surface area contributed by atoms with E-state index in [9.17, 15) is 4.39 Å². The summed E-state index contributed by atoms with van der Waals surface area (Å²) in [5.41, 5.74) is 1.02. The number of thiazole rings is 1. The molecule has 0 bridgehead atoms. The van der Waals surface area contributed by atoms with Crippen molar-refractivity contribution in [1.29, 1.82) is 0 Å². The third-order valence-corrected chi connectivity index (χ3v) is 4.55. The van der Waals surface area contributed by atoms with Gasteiger partial charge in [-0.2, -0.15) is 0 Å². The van der Waals surface area contributed by atoms with Gasteiger partial charge in [-0.3, -0.25) is 4.99 Å². The zero-order chi connectivity index (χ0) is 16.5. The van der Waals surface area contributed by atoms with Gasteiger partial charge in [0.15, 0.2) is 5.96 Å². The minimum absolute atomic E-state index is 0.178. The molecule has 1 aromatic carbocycles. The number of nitrogens with one attached hydrogen (secondary N) is 2. The first kappa shape index (κ1) is 17.4. The second-order valence-corrected chi connectivity index (χ2v) is 6.36. The van der Waals surface area contributed by atoms with Gasteiger partial charge < -0.3 is 10.6 Å². The molecule has 2 aromatic rings. The van der Waals surface area contributed by atoms with Crippen LogP contribution in [-0.2, 0) is 19.4 Å². The molecule has 0 atom stereocenters. The molecule has 2 rings (SSSR count). The zero-order valence-electron chi connectivity index (χ0n) is 13.6. The van der Waals surface area contributed by atoms with Gasteiger partial charge in [-0.05, 0) is 37.0 Å². The maximum atomic E-state index is 13.1. The van der Waals surface area contributed by atoms with Crippen molar-refractivity contribution in [2.45, 2.75) is 32.7 Å². The summed E-state index contributed by atoms with van der Waals surface area (Å²) >= 11 is 1.72. The topological polar surface area (TPSA) is 49.3 Å². The van der Waals surface area contributed by atoms with Crippen LogP contribution in [0.25, 0.3) is 0 Å². The number of nitrogens with zero attached hydrogens (tertiary/aromatic N) is 2. The number of halogens is 1. The highest BCUT2D eigenvalue weighted by molar-refractivity contribution is 7.11. The van der Waals surface area contributed by atoms with Gasteiger partial charge in [-0.1, -0.05) is 19.1 Å². The fraction of sp³-hybridized carbons (Fsp3) is 0.412. The first-order valence-electron chi connectivity index (χ1n) is 7.83. The highest BCUT2D eigenvalue weighted by Crippen LogP contribution is 2.12. The second kappa shape index (κ2) is 9.25. The van der Waals surface area contributed by atoms with E-state index >= 15 is 0 Å². The zero-order valence-corrected chi connectivity index (χ0v) is 14.4. The smallest absolute Gasteiger partial charge is 0.191 e. The van der Waals surface area contributed by atoms with E-state index in [0.717, 1.165) is 42.3 Å². The van der Waals surface area contributed by atoms with Crippen LogP contribution in [0.5, 0.6) is 0 Å². The molecule has 0 spiro atoms. The van der Waals surface area contributed by atoms with Crippen LogP contribution in [0, 0.1) is 5.82 Å². The number of benzene rings is 1. The third kappa shape index (κ3) is 5.98. The van der Waals surface area contributed by atoms with Crippen LogP contribution < -0.4 is 10.6 Å². The fourth-order valence-electron chi connectivity index (χ4n) is 2.16. The molecular formula is C17H23FN4S. The fourth-order valence-corrected chi connectivity index (χ4v) is 2.97. The van der Waals surface area contributed by atoms with Gasteiger partial charge in [0.05, 0.1) is 6.54 Å². The van der Waals surface area contributed by atoms with Crippen molar-refractivity contribution < 1.29 is 4.39 Å². The van der Waals surface area contributed by atoms with E-state index in [1.807, 2.05) is 12.3 Å². The Kier molecular flexibility index (Phi) is 7.00. The summed E-state index contributed by atoms with van der Waals surface area (Å²) < 4.78 is 13.1. The Morgan fingerprint density at radius 2 is 2.22 bits per heavy atom. The molecule has 4 nitrogen and oxygen atoms in total. The van der Waals surface area contributed by atoms with Gasteiger partial charge in [-0.15, -0.1) is 11.3 Å². The molecule has 0 unspecified atom stereocenters. The van der Waals surface area contributed by atoms with Crippen LogP contribution in [0.1, 0.15) is 28.8 Å². The summed E-state index contributed by atoms with van der Waals surface area (Å²) in [6.07, 6.45) is 4.71. The summed E-state index contributed by atoms with van der Waals surface area (Å²) in [7, 11) is 1.75. The first-order chi connectivity index (χ1) is 11.2. The molecule has 0 aliphatic heterocycles. The molecule has 6 heteroatoms. The molecule has 0 fully saturated rings. The Balaban J connectivity index is 1.68. The Morgan fingerprint density at radius 3 is 2.91 bits per heavy atom. The normalized spacial score (nSPS) is 11.5. The maximum absolute atomic E-state index is 13.1. The van der Waals surface area contributed by atoms with Crippen molar-refractivity contribution in [3.8, 4) is 0 Å². The van der Waals surface area contributed by atoms with E-state index in [2.05, 4.69) is 27.5 Å². The van der Waals surface area contributed by atoms with Crippen molar-refractivity contribution in [2.24, 2.45) is 4.99 Å². The van der Waals surface area contributed by atoms with Gasteiger partial charge in [0.25, 0.3) is 0 Å². The second-order valence-electron chi connectivity index (χ2n) is 5.16. The van der Waals surface area contributed by atoms with Crippen LogP contribution in [0.15, 0.2) is 35.5 Å². The highest BCUT2D eigenvalue weighted by atomic mass is 32.1. The predicted molar refractivity (Wildman–Crippen MR) is 94.4 cm³/mol. The molecule has 23 heavy (non-hydrogen) atoms. The van der Waals surface area contributed by atoms with E-state index in [4.69, 9.17) is 0 Å². The first-order valence-corrected chi connectivity index (χ1v) is 8.65. The number of aromatic nitrogens is 1. The summed E-state index contributed by atoms with van der Waals surface area (Å²) in [5.74, 6) is 0.584. The summed E-state index contributed by atoms with van der Waals surface area (Å²) in [6, 6.07) is 6.75. The average Bonchev–Trinajstić information content (AvgIpc) is 3.02. The summed E-state index contributed by atoms with van der Waals surface area (Å²) in [4.78, 5) is 9.87. The Hall–Kier alpha value is -1.95. The van der Waals surface area contributed by atoms with Crippen LogP contribution in [-0.4, -0.2) is 24.5 Å². The van der Waals surface area contributed by atoms with Gasteiger partial charge in [0.1, 0.15) is 10.8 Å². The van der Waals surface area contributed by atoms with Gasteiger partial charge in [0.2, 0.25) is 0 Å². The minimum Gasteiger partial charge on any atom is -0.356 e. The average molecular weight is 334 g/mol. The number of hydrogen-bond acceptors (Lipinski definition) is 3. The SMILES string of the molecule is CCc1cnc(CNC(=NC)NCCCc2cccc(F)c2)s1. The number of rotatable bonds is 7. The lowest BCUT2D eigenvalue weighted by Gasteiger charge is -2.10. The van der Waals surface area contributed by atoms with Crippen molar-refractivity contribution in [1.82, 2.24) is 15.6 Å². The molecular weight excluding hydrogens is 311 g/mol.